The van der Waals surface area contributed by atoms with Crippen LogP contribution in [0.25, 0.3) is 0 Å². The van der Waals surface area contributed by atoms with Gasteiger partial charge in [0, 0.05) is 12.3 Å². The van der Waals surface area contributed by atoms with Crippen molar-refractivity contribution in [3.63, 3.8) is 0 Å². The quantitative estimate of drug-likeness (QED) is 0.792. The number of benzene rings is 1. The van der Waals surface area contributed by atoms with Gasteiger partial charge in [-0.2, -0.15) is 0 Å². The van der Waals surface area contributed by atoms with Gasteiger partial charge in [-0.15, -0.1) is 0 Å². The van der Waals surface area contributed by atoms with Gasteiger partial charge < -0.3 is 10.5 Å². The van der Waals surface area contributed by atoms with E-state index in [0.717, 1.165) is 18.4 Å². The van der Waals surface area contributed by atoms with Crippen molar-refractivity contribution in [3.8, 4) is 5.75 Å². The van der Waals surface area contributed by atoms with Crippen LogP contribution in [0.15, 0.2) is 17.0 Å². The number of methoxy groups -OCH3 is 1. The summed E-state index contributed by atoms with van der Waals surface area (Å²) in [4.78, 5) is 10.9. The van der Waals surface area contributed by atoms with Crippen molar-refractivity contribution in [2.75, 3.05) is 19.9 Å². The molecule has 0 unspecified atom stereocenters. The fourth-order valence-electron chi connectivity index (χ4n) is 1.32. The molecule has 0 aliphatic heterocycles. The second-order valence-electron chi connectivity index (χ2n) is 3.38. The highest BCUT2D eigenvalue weighted by Gasteiger charge is 2.20. The van der Waals surface area contributed by atoms with Gasteiger partial charge in [-0.3, -0.25) is 4.79 Å². The molecule has 2 N–H and O–H groups in total. The minimum Gasteiger partial charge on any atom is -0.496 e. The molecule has 0 aromatic heterocycles. The number of rotatable bonds is 4. The standard InChI is InChI=1S/C10H12FNO4S/c1-16-9-4-10(17(2,14)15)7(11)3-6(9)8(13)5-12/h3-4H,5,12H2,1-2H3. The Balaban J connectivity index is 3.51. The predicted octanol–water partition coefficient (Wildman–Crippen LogP) is 0.379. The molecule has 0 fully saturated rings. The van der Waals surface area contributed by atoms with Gasteiger partial charge in [-0.1, -0.05) is 0 Å². The van der Waals surface area contributed by atoms with Crippen LogP contribution in [0.2, 0.25) is 0 Å². The summed E-state index contributed by atoms with van der Waals surface area (Å²) in [5, 5.41) is 0. The van der Waals surface area contributed by atoms with Gasteiger partial charge in [0.05, 0.1) is 19.2 Å². The van der Waals surface area contributed by atoms with Gasteiger partial charge >= 0.3 is 0 Å². The van der Waals surface area contributed by atoms with E-state index in [9.17, 15) is 17.6 Å². The molecule has 5 nitrogen and oxygen atoms in total. The summed E-state index contributed by atoms with van der Waals surface area (Å²) in [5.74, 6) is -1.53. The number of Topliss-reactive ketones (excluding diaryl/α,β-unsaturated/α-hetero) is 1. The predicted molar refractivity (Wildman–Crippen MR) is 59.4 cm³/mol. The molecule has 0 aliphatic rings. The first-order valence-corrected chi connectivity index (χ1v) is 6.51. The van der Waals surface area contributed by atoms with Crippen LogP contribution in [0.5, 0.6) is 5.75 Å². The van der Waals surface area contributed by atoms with Crippen LogP contribution in [-0.4, -0.2) is 34.1 Å². The molecule has 17 heavy (non-hydrogen) atoms. The lowest BCUT2D eigenvalue weighted by Gasteiger charge is -2.09. The van der Waals surface area contributed by atoms with Crippen LogP contribution in [0.1, 0.15) is 10.4 Å². The number of hydrogen-bond acceptors (Lipinski definition) is 5. The Labute approximate surface area is 98.3 Å². The number of sulfone groups is 1. The van der Waals surface area contributed by atoms with Crippen molar-refractivity contribution in [2.45, 2.75) is 4.90 Å². The Hall–Kier alpha value is -1.47. The summed E-state index contributed by atoms with van der Waals surface area (Å²) in [6, 6.07) is 1.80. The number of carbonyl (C=O) groups excluding carboxylic acids is 1. The Kier molecular flexibility index (Phi) is 3.84. The lowest BCUT2D eigenvalue weighted by atomic mass is 10.1. The van der Waals surface area contributed by atoms with Crippen molar-refractivity contribution in [1.82, 2.24) is 0 Å². The van der Waals surface area contributed by atoms with E-state index in [2.05, 4.69) is 0 Å². The van der Waals surface area contributed by atoms with Crippen molar-refractivity contribution >= 4 is 15.6 Å². The zero-order valence-corrected chi connectivity index (χ0v) is 10.2. The largest absolute Gasteiger partial charge is 0.496 e. The van der Waals surface area contributed by atoms with E-state index in [-0.39, 0.29) is 17.9 Å². The fourth-order valence-corrected chi connectivity index (χ4v) is 2.05. The molecule has 0 aliphatic carbocycles. The first-order chi connectivity index (χ1) is 7.81. The zero-order valence-electron chi connectivity index (χ0n) is 9.36. The highest BCUT2D eigenvalue weighted by molar-refractivity contribution is 7.90. The van der Waals surface area contributed by atoms with Crippen molar-refractivity contribution in [1.29, 1.82) is 0 Å². The first-order valence-electron chi connectivity index (χ1n) is 4.62. The SMILES string of the molecule is COc1cc(S(C)(=O)=O)c(F)cc1C(=O)CN. The van der Waals surface area contributed by atoms with E-state index in [0.29, 0.717) is 0 Å². The van der Waals surface area contributed by atoms with Gasteiger partial charge in [-0.05, 0) is 6.07 Å². The van der Waals surface area contributed by atoms with Gasteiger partial charge in [0.1, 0.15) is 16.5 Å². The maximum atomic E-state index is 13.5. The molecule has 0 spiro atoms. The Bertz CT molecular complexity index is 554. The summed E-state index contributed by atoms with van der Waals surface area (Å²) < 4.78 is 40.9. The maximum absolute atomic E-state index is 13.5. The van der Waals surface area contributed by atoms with Crippen molar-refractivity contribution in [2.24, 2.45) is 5.73 Å². The second kappa shape index (κ2) is 4.80. The molecule has 0 saturated carbocycles. The number of carbonyl (C=O) groups is 1. The average Bonchev–Trinajstić information content (AvgIpc) is 2.26. The first kappa shape index (κ1) is 13.6. The van der Waals surface area contributed by atoms with Crippen molar-refractivity contribution < 1.29 is 22.3 Å². The molecular formula is C10H12FNO4S. The highest BCUT2D eigenvalue weighted by Crippen LogP contribution is 2.26. The Morgan fingerprint density at radius 1 is 1.47 bits per heavy atom. The Morgan fingerprint density at radius 2 is 2.06 bits per heavy atom. The van der Waals surface area contributed by atoms with Gasteiger partial charge in [0.2, 0.25) is 0 Å². The molecule has 0 atom stereocenters. The van der Waals surface area contributed by atoms with Crippen LogP contribution in [-0.2, 0) is 9.84 Å². The molecule has 0 radical (unpaired) electrons. The monoisotopic (exact) mass is 261 g/mol. The third kappa shape index (κ3) is 2.80. The molecule has 7 heteroatoms. The summed E-state index contributed by atoms with van der Waals surface area (Å²) in [7, 11) is -2.46. The number of halogens is 1. The molecule has 1 rings (SSSR count). The normalized spacial score (nSPS) is 11.3. The van der Waals surface area contributed by atoms with Gasteiger partial charge in [0.15, 0.2) is 15.6 Å². The molecule has 0 bridgehead atoms. The molecule has 0 saturated heterocycles. The van der Waals surface area contributed by atoms with Gasteiger partial charge in [-0.25, -0.2) is 12.8 Å². The zero-order chi connectivity index (χ0) is 13.2. The third-order valence-electron chi connectivity index (χ3n) is 2.14. The van der Waals surface area contributed by atoms with E-state index < -0.39 is 26.3 Å². The maximum Gasteiger partial charge on any atom is 0.180 e. The van der Waals surface area contributed by atoms with Gasteiger partial charge in [0.25, 0.3) is 0 Å². The molecule has 1 aromatic rings. The smallest absolute Gasteiger partial charge is 0.180 e. The fraction of sp³-hybridized carbons (Fsp3) is 0.300. The third-order valence-corrected chi connectivity index (χ3v) is 3.25. The summed E-state index contributed by atoms with van der Waals surface area (Å²) in [6.45, 7) is -0.311. The van der Waals surface area contributed by atoms with Crippen LogP contribution in [0, 0.1) is 5.82 Å². The van der Waals surface area contributed by atoms with E-state index >= 15 is 0 Å². The molecular weight excluding hydrogens is 249 g/mol. The second-order valence-corrected chi connectivity index (χ2v) is 5.37. The minimum absolute atomic E-state index is 0.0118. The van der Waals surface area contributed by atoms with Crippen LogP contribution in [0.3, 0.4) is 0 Å². The minimum atomic E-state index is -3.71. The lowest BCUT2D eigenvalue weighted by molar-refractivity contribution is 0.0998. The Morgan fingerprint density at radius 3 is 2.47 bits per heavy atom. The van der Waals surface area contributed by atoms with E-state index in [1.165, 1.54) is 7.11 Å². The topological polar surface area (TPSA) is 86.5 Å². The average molecular weight is 261 g/mol. The molecule has 1 aromatic carbocycles. The van der Waals surface area contributed by atoms with Crippen molar-refractivity contribution in [3.05, 3.63) is 23.5 Å². The number of ether oxygens (including phenoxy) is 1. The number of nitrogens with two attached hydrogens (primary N) is 1. The van der Waals surface area contributed by atoms with Crippen LogP contribution in [0.4, 0.5) is 4.39 Å². The molecule has 0 heterocycles. The molecule has 0 amide bonds. The van der Waals surface area contributed by atoms with Crippen LogP contribution >= 0.6 is 0 Å². The summed E-state index contributed by atoms with van der Waals surface area (Å²) >= 11 is 0. The molecule has 94 valence electrons. The highest BCUT2D eigenvalue weighted by atomic mass is 32.2. The van der Waals surface area contributed by atoms with E-state index in [4.69, 9.17) is 10.5 Å². The van der Waals surface area contributed by atoms with E-state index in [1.54, 1.807) is 0 Å². The summed E-state index contributed by atoms with van der Waals surface area (Å²) in [5.41, 5.74) is 5.09. The number of hydrogen-bond donors (Lipinski definition) is 1. The summed E-state index contributed by atoms with van der Waals surface area (Å²) in [6.07, 6.45) is 0.870. The van der Waals surface area contributed by atoms with Crippen LogP contribution < -0.4 is 10.5 Å². The van der Waals surface area contributed by atoms with E-state index in [1.807, 2.05) is 0 Å². The number of ketones is 1. The lowest BCUT2D eigenvalue weighted by Crippen LogP contribution is -2.15.